The number of terminal acetylenes is 2. The average Bonchev–Trinajstić information content (AvgIpc) is 4.01. The summed E-state index contributed by atoms with van der Waals surface area (Å²) in [7, 11) is 3.14. The fourth-order valence-corrected chi connectivity index (χ4v) is 9.96. The van der Waals surface area contributed by atoms with Crippen LogP contribution in [0.3, 0.4) is 0 Å². The van der Waals surface area contributed by atoms with Crippen LogP contribution in [-0.4, -0.2) is 155 Å². The quantitative estimate of drug-likeness (QED) is 0.0721. The van der Waals surface area contributed by atoms with Gasteiger partial charge in [0.15, 0.2) is 12.2 Å². The van der Waals surface area contributed by atoms with Crippen LogP contribution in [0.4, 0.5) is 0 Å². The molecular formula is C52H68N10O10. The zero-order chi connectivity index (χ0) is 52.2. The number of benzene rings is 2. The smallest absolute Gasteiger partial charge is 0.252 e. The van der Waals surface area contributed by atoms with Gasteiger partial charge < -0.3 is 62.5 Å². The van der Waals surface area contributed by atoms with Crippen molar-refractivity contribution >= 4 is 47.3 Å². The number of amides is 8. The Labute approximate surface area is 420 Å². The Morgan fingerprint density at radius 2 is 0.972 bits per heavy atom. The van der Waals surface area contributed by atoms with Crippen LogP contribution in [0.25, 0.3) is 0 Å². The number of hydrogen-bond donors (Lipinski definition) is 10. The molecule has 12 atom stereocenters. The first-order valence-electron chi connectivity index (χ1n) is 24.7. The molecule has 0 spiro atoms. The molecule has 2 aliphatic heterocycles. The summed E-state index contributed by atoms with van der Waals surface area (Å²) in [4.78, 5) is 112. The molecule has 2 fully saturated rings. The van der Waals surface area contributed by atoms with Crippen LogP contribution < -0.4 is 42.5 Å². The van der Waals surface area contributed by atoms with Crippen molar-refractivity contribution in [3.63, 3.8) is 0 Å². The van der Waals surface area contributed by atoms with E-state index in [2.05, 4.69) is 54.4 Å². The summed E-state index contributed by atoms with van der Waals surface area (Å²) in [5.41, 5.74) is 4.07. The maximum atomic E-state index is 14.2. The van der Waals surface area contributed by atoms with E-state index in [4.69, 9.17) is 12.8 Å². The van der Waals surface area contributed by atoms with Gasteiger partial charge >= 0.3 is 0 Å². The van der Waals surface area contributed by atoms with Gasteiger partial charge in [-0.1, -0.05) is 48.5 Å². The molecule has 10 N–H and O–H groups in total. The normalized spacial score (nSPS) is 23.7. The van der Waals surface area contributed by atoms with Crippen LogP contribution >= 0.6 is 0 Å². The van der Waals surface area contributed by atoms with Crippen LogP contribution in [0.5, 0.6) is 0 Å². The topological polar surface area (TPSA) is 280 Å². The number of aliphatic hydroxyl groups excluding tert-OH is 2. The van der Waals surface area contributed by atoms with Crippen molar-refractivity contribution in [1.82, 2.24) is 52.3 Å². The van der Waals surface area contributed by atoms with Gasteiger partial charge in [-0.15, -0.1) is 24.7 Å². The summed E-state index contributed by atoms with van der Waals surface area (Å²) in [6.07, 6.45) is 10.5. The molecule has 2 aromatic carbocycles. The molecule has 72 heavy (non-hydrogen) atoms. The Kier molecular flexibility index (Phi) is 18.9. The van der Waals surface area contributed by atoms with E-state index in [1.807, 2.05) is 48.5 Å². The van der Waals surface area contributed by atoms with Crippen molar-refractivity contribution in [3.8, 4) is 24.7 Å². The van der Waals surface area contributed by atoms with E-state index in [0.717, 1.165) is 47.9 Å². The van der Waals surface area contributed by atoms with Gasteiger partial charge in [0.1, 0.15) is 24.2 Å². The lowest BCUT2D eigenvalue weighted by Crippen LogP contribution is -2.56. The first-order chi connectivity index (χ1) is 34.5. The van der Waals surface area contributed by atoms with E-state index in [9.17, 15) is 48.6 Å². The van der Waals surface area contributed by atoms with Crippen molar-refractivity contribution in [2.75, 3.05) is 27.2 Å². The van der Waals surface area contributed by atoms with Crippen LogP contribution in [0, 0.1) is 24.7 Å². The average molecular weight is 993 g/mol. The summed E-state index contributed by atoms with van der Waals surface area (Å²) in [6.45, 7) is 2.68. The third kappa shape index (κ3) is 13.0. The van der Waals surface area contributed by atoms with E-state index in [0.29, 0.717) is 12.8 Å². The second kappa shape index (κ2) is 25.0. The monoisotopic (exact) mass is 993 g/mol. The number of fused-ring (bicyclic) bond motifs is 2. The molecule has 2 aromatic rings. The number of aryl methyl sites for hydroxylation is 2. The highest BCUT2D eigenvalue weighted by atomic mass is 16.3. The molecule has 386 valence electrons. The van der Waals surface area contributed by atoms with Crippen molar-refractivity contribution in [2.24, 2.45) is 0 Å². The lowest BCUT2D eigenvalue weighted by atomic mass is 9.87. The van der Waals surface area contributed by atoms with Gasteiger partial charge in [-0.3, -0.25) is 38.4 Å². The first kappa shape index (κ1) is 54.5. The first-order valence-corrected chi connectivity index (χ1v) is 24.7. The number of aliphatic hydroxyl groups is 2. The van der Waals surface area contributed by atoms with Gasteiger partial charge in [-0.05, 0) is 102 Å². The Morgan fingerprint density at radius 1 is 0.597 bits per heavy atom. The fourth-order valence-electron chi connectivity index (χ4n) is 9.96. The second-order valence-corrected chi connectivity index (χ2v) is 19.0. The maximum absolute atomic E-state index is 14.2. The van der Waals surface area contributed by atoms with Gasteiger partial charge in [-0.2, -0.15) is 0 Å². The summed E-state index contributed by atoms with van der Waals surface area (Å²) >= 11 is 0. The largest absolute Gasteiger partial charge is 0.380 e. The van der Waals surface area contributed by atoms with Crippen molar-refractivity contribution in [3.05, 3.63) is 70.8 Å². The zero-order valence-corrected chi connectivity index (χ0v) is 41.2. The van der Waals surface area contributed by atoms with Crippen molar-refractivity contribution in [2.45, 2.75) is 151 Å². The molecule has 4 aliphatic rings. The van der Waals surface area contributed by atoms with Gasteiger partial charge in [-0.25, -0.2) is 0 Å². The zero-order valence-electron chi connectivity index (χ0n) is 41.2. The minimum absolute atomic E-state index is 0.132. The Bertz CT molecular complexity index is 2270. The number of rotatable bonds is 19. The molecule has 8 amide bonds. The molecule has 0 unspecified atom stereocenters. The van der Waals surface area contributed by atoms with Crippen LogP contribution in [-0.2, 0) is 51.2 Å². The number of likely N-dealkylation sites (N-methyl/N-ethyl adjacent to an activating group) is 2. The summed E-state index contributed by atoms with van der Waals surface area (Å²) < 4.78 is 0. The molecule has 2 aliphatic carbocycles. The molecular weight excluding hydrogens is 925 g/mol. The highest BCUT2D eigenvalue weighted by Gasteiger charge is 2.46. The standard InChI is InChI=1S/C52H68N10O10/c1-7-15-39(59-45(65)29(3)53-5)51(71)61-27-33(25-41(61)47(67)57-37-23-13-19-31-17-9-11-21-35(31)37)55-49(69)43(63)44(64)50(70)56-34-26-42(48(68)58-38-24-14-20-32-18-10-12-22-36(32)38)62(28-34)52(72)40(16-8-2)60-46(66)30(4)54-6/h1-2,9-12,17-18,21-22,29-30,33-34,37-44,53-54,63-64H,13-16,19-20,23-28H2,3-6H3,(H,55,69)(H,56,70)(H,57,67)(H,58,68)(H,59,65)(H,60,66)/t29-,30-,33-,34-,37+,38+,39-,40-,41-,42-,43+,44+/m0/s1. The maximum Gasteiger partial charge on any atom is 0.252 e. The number of nitrogens with zero attached hydrogens (tertiary/aromatic N) is 2. The number of carbonyl (C=O) groups is 8. The highest BCUT2D eigenvalue weighted by molar-refractivity contribution is 5.96. The molecule has 2 saturated heterocycles. The van der Waals surface area contributed by atoms with Gasteiger partial charge in [0, 0.05) is 38.0 Å². The summed E-state index contributed by atoms with van der Waals surface area (Å²) in [5.74, 6) is -0.976. The molecule has 20 nitrogen and oxygen atoms in total. The Morgan fingerprint density at radius 3 is 1.33 bits per heavy atom. The van der Waals surface area contributed by atoms with Crippen molar-refractivity contribution < 1.29 is 48.6 Å². The van der Waals surface area contributed by atoms with E-state index in [1.54, 1.807) is 27.9 Å². The van der Waals surface area contributed by atoms with Crippen molar-refractivity contribution in [1.29, 1.82) is 0 Å². The van der Waals surface area contributed by atoms with Gasteiger partial charge in [0.25, 0.3) is 11.8 Å². The van der Waals surface area contributed by atoms with E-state index in [1.165, 1.54) is 9.80 Å². The summed E-state index contributed by atoms with van der Waals surface area (Å²) in [5, 5.41) is 44.5. The molecule has 0 radical (unpaired) electrons. The lowest BCUT2D eigenvalue weighted by Gasteiger charge is -2.31. The minimum atomic E-state index is -2.36. The number of nitrogens with one attached hydrogen (secondary N) is 8. The third-order valence-electron chi connectivity index (χ3n) is 14.2. The molecule has 0 saturated carbocycles. The third-order valence-corrected chi connectivity index (χ3v) is 14.2. The van der Waals surface area contributed by atoms with Crippen LogP contribution in [0.2, 0.25) is 0 Å². The predicted molar refractivity (Wildman–Crippen MR) is 264 cm³/mol. The fraction of sp³-hybridized carbons (Fsp3) is 0.538. The second-order valence-electron chi connectivity index (χ2n) is 19.0. The van der Waals surface area contributed by atoms with E-state index >= 15 is 0 Å². The minimum Gasteiger partial charge on any atom is -0.380 e. The number of carbonyl (C=O) groups excluding carboxylic acids is 8. The molecule has 6 rings (SSSR count). The molecule has 2 heterocycles. The Hall–Kier alpha value is -6.84. The van der Waals surface area contributed by atoms with Crippen LogP contribution in [0.1, 0.15) is 99.6 Å². The Balaban J connectivity index is 1.16. The molecule has 20 heteroatoms. The highest BCUT2D eigenvalue weighted by Crippen LogP contribution is 2.32. The number of likely N-dealkylation sites (tertiary alicyclic amines) is 2. The van der Waals surface area contributed by atoms with E-state index in [-0.39, 0.29) is 50.9 Å². The SMILES string of the molecule is C#CC[C@H](NC(=O)[C@H](C)NC)C(=O)N1C[C@@H](NC(=O)[C@H](O)[C@@H](O)C(=O)N[C@H]2C[C@@H](C(=O)N[C@@H]3CCCc4ccccc43)N(C(=O)[C@H](CC#C)NC(=O)[C@H](C)NC)C2)C[C@H]1C(=O)N[C@@H]1CCCc2ccccc21. The predicted octanol–water partition coefficient (Wildman–Crippen LogP) is -1.50. The van der Waals surface area contributed by atoms with Gasteiger partial charge in [0.2, 0.25) is 35.4 Å². The van der Waals surface area contributed by atoms with E-state index < -0.39 is 108 Å². The lowest BCUT2D eigenvalue weighted by molar-refractivity contribution is -0.147. The molecule has 0 bridgehead atoms. The van der Waals surface area contributed by atoms with Crippen LogP contribution in [0.15, 0.2) is 48.5 Å². The molecule has 0 aromatic heterocycles. The summed E-state index contributed by atoms with van der Waals surface area (Å²) in [6, 6.07) is 6.65. The van der Waals surface area contributed by atoms with Gasteiger partial charge in [0.05, 0.1) is 24.2 Å². The number of hydrogen-bond acceptors (Lipinski definition) is 12.